The van der Waals surface area contributed by atoms with E-state index in [1.807, 2.05) is 6.07 Å². The SMILES string of the molecule is C=C(C(C)C)[C@@H](C)c1ccccc1. The van der Waals surface area contributed by atoms with Gasteiger partial charge in [0.2, 0.25) is 0 Å². The Morgan fingerprint density at radius 1 is 1.08 bits per heavy atom. The quantitative estimate of drug-likeness (QED) is 0.607. The lowest BCUT2D eigenvalue weighted by Crippen LogP contribution is -2.02. The van der Waals surface area contributed by atoms with E-state index in [4.69, 9.17) is 0 Å². The van der Waals surface area contributed by atoms with Crippen molar-refractivity contribution in [1.82, 2.24) is 0 Å². The average Bonchev–Trinajstić information content (AvgIpc) is 2.17. The number of allylic oxidation sites excluding steroid dienone is 1. The molecule has 0 aromatic heterocycles. The highest BCUT2D eigenvalue weighted by Crippen LogP contribution is 2.27. The first-order valence-corrected chi connectivity index (χ1v) is 4.86. The van der Waals surface area contributed by atoms with Crippen LogP contribution in [0.25, 0.3) is 0 Å². The second-order valence-electron chi connectivity index (χ2n) is 3.86. The highest BCUT2D eigenvalue weighted by Gasteiger charge is 2.11. The molecular formula is C13H18. The molecule has 0 radical (unpaired) electrons. The molecule has 1 aromatic rings. The van der Waals surface area contributed by atoms with Crippen molar-refractivity contribution in [2.75, 3.05) is 0 Å². The summed E-state index contributed by atoms with van der Waals surface area (Å²) in [6.07, 6.45) is 0. The molecule has 0 N–H and O–H groups in total. The van der Waals surface area contributed by atoms with E-state index in [0.717, 1.165) is 0 Å². The van der Waals surface area contributed by atoms with E-state index in [2.05, 4.69) is 51.6 Å². The van der Waals surface area contributed by atoms with Crippen LogP contribution in [-0.2, 0) is 0 Å². The largest absolute Gasteiger partial charge is 0.0990 e. The van der Waals surface area contributed by atoms with Crippen LogP contribution in [0.2, 0.25) is 0 Å². The van der Waals surface area contributed by atoms with Gasteiger partial charge in [-0.1, -0.05) is 63.3 Å². The van der Waals surface area contributed by atoms with Gasteiger partial charge in [0, 0.05) is 5.92 Å². The van der Waals surface area contributed by atoms with Gasteiger partial charge < -0.3 is 0 Å². The van der Waals surface area contributed by atoms with E-state index < -0.39 is 0 Å². The number of rotatable bonds is 3. The Kier molecular flexibility index (Phi) is 3.30. The third-order valence-corrected chi connectivity index (χ3v) is 2.60. The Balaban J connectivity index is 2.80. The molecule has 0 spiro atoms. The topological polar surface area (TPSA) is 0 Å². The third-order valence-electron chi connectivity index (χ3n) is 2.60. The summed E-state index contributed by atoms with van der Waals surface area (Å²) >= 11 is 0. The van der Waals surface area contributed by atoms with Gasteiger partial charge in [0.15, 0.2) is 0 Å². The number of benzene rings is 1. The molecule has 1 aromatic carbocycles. The van der Waals surface area contributed by atoms with E-state index in [9.17, 15) is 0 Å². The van der Waals surface area contributed by atoms with Gasteiger partial charge in [0.25, 0.3) is 0 Å². The Morgan fingerprint density at radius 3 is 2.08 bits per heavy atom. The summed E-state index contributed by atoms with van der Waals surface area (Å²) in [5.74, 6) is 1.04. The van der Waals surface area contributed by atoms with Gasteiger partial charge in [-0.25, -0.2) is 0 Å². The lowest BCUT2D eigenvalue weighted by molar-refractivity contribution is 0.686. The van der Waals surface area contributed by atoms with Crippen LogP contribution < -0.4 is 0 Å². The molecule has 1 rings (SSSR count). The molecule has 0 saturated carbocycles. The zero-order valence-electron chi connectivity index (χ0n) is 8.75. The van der Waals surface area contributed by atoms with Gasteiger partial charge in [-0.15, -0.1) is 0 Å². The molecule has 0 fully saturated rings. The van der Waals surface area contributed by atoms with Crippen LogP contribution in [0.1, 0.15) is 32.3 Å². The van der Waals surface area contributed by atoms with Crippen molar-refractivity contribution in [2.45, 2.75) is 26.7 Å². The smallest absolute Gasteiger partial charge is 0.00196 e. The van der Waals surface area contributed by atoms with Crippen LogP contribution in [0.4, 0.5) is 0 Å². The second kappa shape index (κ2) is 4.27. The Bertz CT molecular complexity index is 269. The third kappa shape index (κ3) is 2.45. The molecule has 0 aliphatic rings. The molecule has 0 amide bonds. The van der Waals surface area contributed by atoms with Crippen LogP contribution in [0, 0.1) is 5.92 Å². The average molecular weight is 174 g/mol. The van der Waals surface area contributed by atoms with Crippen molar-refractivity contribution in [1.29, 1.82) is 0 Å². The van der Waals surface area contributed by atoms with Crippen LogP contribution in [0.5, 0.6) is 0 Å². The monoisotopic (exact) mass is 174 g/mol. The molecule has 0 heteroatoms. The first kappa shape index (κ1) is 10.0. The standard InChI is InChI=1S/C13H18/c1-10(2)11(3)12(4)13-8-6-5-7-9-13/h5-10,12H,3H2,1-2,4H3/t12-/m1/s1. The first-order chi connectivity index (χ1) is 6.13. The van der Waals surface area contributed by atoms with Crippen molar-refractivity contribution in [3.05, 3.63) is 48.0 Å². The van der Waals surface area contributed by atoms with Gasteiger partial charge in [-0.05, 0) is 11.5 Å². The zero-order valence-corrected chi connectivity index (χ0v) is 8.75. The minimum atomic E-state index is 0.473. The van der Waals surface area contributed by atoms with E-state index >= 15 is 0 Å². The van der Waals surface area contributed by atoms with Gasteiger partial charge in [-0.2, -0.15) is 0 Å². The van der Waals surface area contributed by atoms with Gasteiger partial charge in [0.05, 0.1) is 0 Å². The van der Waals surface area contributed by atoms with E-state index in [-0.39, 0.29) is 0 Å². The summed E-state index contributed by atoms with van der Waals surface area (Å²) in [4.78, 5) is 0. The van der Waals surface area contributed by atoms with Crippen molar-refractivity contribution in [2.24, 2.45) is 5.92 Å². The highest BCUT2D eigenvalue weighted by molar-refractivity contribution is 5.27. The maximum atomic E-state index is 4.13. The van der Waals surface area contributed by atoms with E-state index in [1.165, 1.54) is 11.1 Å². The minimum absolute atomic E-state index is 0.473. The fourth-order valence-corrected chi connectivity index (χ4v) is 1.46. The second-order valence-corrected chi connectivity index (χ2v) is 3.86. The first-order valence-electron chi connectivity index (χ1n) is 4.86. The number of hydrogen-bond donors (Lipinski definition) is 0. The molecular weight excluding hydrogens is 156 g/mol. The fourth-order valence-electron chi connectivity index (χ4n) is 1.46. The molecule has 0 aliphatic heterocycles. The molecule has 0 aliphatic carbocycles. The summed E-state index contributed by atoms with van der Waals surface area (Å²) in [6.45, 7) is 10.7. The Hall–Kier alpha value is -1.04. The van der Waals surface area contributed by atoms with Gasteiger partial charge in [0.1, 0.15) is 0 Å². The van der Waals surface area contributed by atoms with Crippen molar-refractivity contribution in [3.63, 3.8) is 0 Å². The van der Waals surface area contributed by atoms with E-state index in [1.54, 1.807) is 0 Å². The van der Waals surface area contributed by atoms with Crippen LogP contribution in [0.15, 0.2) is 42.5 Å². The molecule has 0 bridgehead atoms. The molecule has 70 valence electrons. The fraction of sp³-hybridized carbons (Fsp3) is 0.385. The molecule has 0 heterocycles. The number of hydrogen-bond acceptors (Lipinski definition) is 0. The molecule has 0 unspecified atom stereocenters. The highest BCUT2D eigenvalue weighted by atomic mass is 14.2. The van der Waals surface area contributed by atoms with Crippen molar-refractivity contribution >= 4 is 0 Å². The summed E-state index contributed by atoms with van der Waals surface area (Å²) in [5.41, 5.74) is 2.67. The van der Waals surface area contributed by atoms with Crippen molar-refractivity contribution in [3.8, 4) is 0 Å². The van der Waals surface area contributed by atoms with Gasteiger partial charge in [-0.3, -0.25) is 0 Å². The summed E-state index contributed by atoms with van der Waals surface area (Å²) in [7, 11) is 0. The zero-order chi connectivity index (χ0) is 9.84. The maximum Gasteiger partial charge on any atom is 0.00196 e. The van der Waals surface area contributed by atoms with Crippen LogP contribution in [0.3, 0.4) is 0 Å². The summed E-state index contributed by atoms with van der Waals surface area (Å²) < 4.78 is 0. The summed E-state index contributed by atoms with van der Waals surface area (Å²) in [5, 5.41) is 0. The molecule has 1 atom stereocenters. The molecule has 0 saturated heterocycles. The predicted octanol–water partition coefficient (Wildman–Crippen LogP) is 4.00. The van der Waals surface area contributed by atoms with E-state index in [0.29, 0.717) is 11.8 Å². The van der Waals surface area contributed by atoms with Crippen LogP contribution >= 0.6 is 0 Å². The summed E-state index contributed by atoms with van der Waals surface area (Å²) in [6, 6.07) is 10.5. The Morgan fingerprint density at radius 2 is 1.62 bits per heavy atom. The predicted molar refractivity (Wildman–Crippen MR) is 58.8 cm³/mol. The van der Waals surface area contributed by atoms with Gasteiger partial charge >= 0.3 is 0 Å². The molecule has 0 nitrogen and oxygen atoms in total. The minimum Gasteiger partial charge on any atom is -0.0990 e. The molecule has 13 heavy (non-hydrogen) atoms. The lowest BCUT2D eigenvalue weighted by Gasteiger charge is -2.18. The van der Waals surface area contributed by atoms with Crippen LogP contribution in [-0.4, -0.2) is 0 Å². The Labute approximate surface area is 81.3 Å². The normalized spacial score (nSPS) is 12.9. The van der Waals surface area contributed by atoms with Crippen molar-refractivity contribution < 1.29 is 0 Å². The maximum absolute atomic E-state index is 4.13. The lowest BCUT2D eigenvalue weighted by atomic mass is 9.87.